The molecule has 0 fully saturated rings. The average molecular weight is 197 g/mol. The molecule has 0 spiro atoms. The summed E-state index contributed by atoms with van der Waals surface area (Å²) in [6.45, 7) is -0.315. The Balaban J connectivity index is 2.76. The number of carboxylic acids is 1. The summed E-state index contributed by atoms with van der Waals surface area (Å²) in [6, 6.07) is 0. The first-order chi connectivity index (χ1) is 6.52. The van der Waals surface area contributed by atoms with Crippen molar-refractivity contribution in [3.05, 3.63) is 18.2 Å². The van der Waals surface area contributed by atoms with Crippen molar-refractivity contribution in [2.45, 2.75) is 0 Å². The highest BCUT2D eigenvalue weighted by molar-refractivity contribution is 5.93. The summed E-state index contributed by atoms with van der Waals surface area (Å²) in [7, 11) is 3.11. The van der Waals surface area contributed by atoms with Gasteiger partial charge in [-0.3, -0.25) is 9.59 Å². The normalized spacial score (nSPS) is 9.86. The van der Waals surface area contributed by atoms with Crippen molar-refractivity contribution in [1.29, 1.82) is 0 Å². The molecule has 0 aliphatic rings. The van der Waals surface area contributed by atoms with Gasteiger partial charge in [-0.15, -0.1) is 0 Å². The van der Waals surface area contributed by atoms with E-state index in [-0.39, 0.29) is 12.5 Å². The summed E-state index contributed by atoms with van der Waals surface area (Å²) in [6.07, 6.45) is 2.89. The van der Waals surface area contributed by atoms with Crippen molar-refractivity contribution in [3.63, 3.8) is 0 Å². The average Bonchev–Trinajstić information content (AvgIpc) is 2.48. The third-order valence-electron chi connectivity index (χ3n) is 1.75. The molecule has 0 unspecified atom stereocenters. The number of carbonyl (C=O) groups excluding carboxylic acids is 1. The molecule has 76 valence electrons. The number of hydrogen-bond donors (Lipinski definition) is 1. The van der Waals surface area contributed by atoms with E-state index in [2.05, 4.69) is 4.98 Å². The first kappa shape index (κ1) is 10.2. The van der Waals surface area contributed by atoms with Crippen LogP contribution in [0.25, 0.3) is 0 Å². The topological polar surface area (TPSA) is 75.4 Å². The molecular formula is C8H11N3O3. The van der Waals surface area contributed by atoms with Gasteiger partial charge in [-0.25, -0.2) is 4.98 Å². The van der Waals surface area contributed by atoms with E-state index in [1.807, 2.05) is 0 Å². The summed E-state index contributed by atoms with van der Waals surface area (Å²) in [4.78, 5) is 26.8. The molecule has 0 radical (unpaired) electrons. The first-order valence-electron chi connectivity index (χ1n) is 3.96. The Morgan fingerprint density at radius 1 is 1.64 bits per heavy atom. The molecule has 1 amide bonds. The second-order valence-corrected chi connectivity index (χ2v) is 2.94. The predicted octanol–water partition coefficient (Wildman–Crippen LogP) is -0.423. The zero-order valence-corrected chi connectivity index (χ0v) is 7.97. The summed E-state index contributed by atoms with van der Waals surface area (Å²) in [5, 5.41) is 8.48. The van der Waals surface area contributed by atoms with Crippen molar-refractivity contribution in [1.82, 2.24) is 14.5 Å². The van der Waals surface area contributed by atoms with Crippen molar-refractivity contribution < 1.29 is 14.7 Å². The van der Waals surface area contributed by atoms with Crippen LogP contribution in [0.15, 0.2) is 12.5 Å². The molecule has 1 aromatic heterocycles. The highest BCUT2D eigenvalue weighted by Gasteiger charge is 2.16. The van der Waals surface area contributed by atoms with Gasteiger partial charge < -0.3 is 14.6 Å². The van der Waals surface area contributed by atoms with E-state index in [4.69, 9.17) is 5.11 Å². The maximum Gasteiger partial charge on any atom is 0.323 e. The zero-order chi connectivity index (χ0) is 10.7. The highest BCUT2D eigenvalue weighted by atomic mass is 16.4. The Hall–Kier alpha value is -1.85. The minimum atomic E-state index is -1.04. The Kier molecular flexibility index (Phi) is 2.85. The second-order valence-electron chi connectivity index (χ2n) is 2.94. The van der Waals surface area contributed by atoms with Gasteiger partial charge in [-0.05, 0) is 0 Å². The van der Waals surface area contributed by atoms with Crippen LogP contribution in [0.4, 0.5) is 0 Å². The minimum Gasteiger partial charge on any atom is -0.480 e. The number of carbonyl (C=O) groups is 2. The van der Waals surface area contributed by atoms with E-state index in [0.717, 1.165) is 4.90 Å². The Morgan fingerprint density at radius 3 is 2.71 bits per heavy atom. The van der Waals surface area contributed by atoms with Crippen LogP contribution in [0, 0.1) is 0 Å². The number of hydrogen-bond acceptors (Lipinski definition) is 3. The Morgan fingerprint density at radius 2 is 2.29 bits per heavy atom. The van der Waals surface area contributed by atoms with Crippen LogP contribution in [-0.2, 0) is 11.8 Å². The largest absolute Gasteiger partial charge is 0.480 e. The lowest BCUT2D eigenvalue weighted by molar-refractivity contribution is -0.137. The maximum atomic E-state index is 11.6. The summed E-state index contributed by atoms with van der Waals surface area (Å²) < 4.78 is 1.54. The van der Waals surface area contributed by atoms with Crippen LogP contribution in [0.3, 0.4) is 0 Å². The minimum absolute atomic E-state index is 0.315. The predicted molar refractivity (Wildman–Crippen MR) is 47.8 cm³/mol. The van der Waals surface area contributed by atoms with Crippen LogP contribution in [0.2, 0.25) is 0 Å². The van der Waals surface area contributed by atoms with Gasteiger partial charge in [0.2, 0.25) is 0 Å². The molecule has 0 aliphatic heterocycles. The fourth-order valence-electron chi connectivity index (χ4n) is 1.03. The number of likely N-dealkylation sites (N-methyl/N-ethyl adjacent to an activating group) is 1. The SMILES string of the molecule is CN(CC(=O)O)C(=O)c1cncn1C. The van der Waals surface area contributed by atoms with Crippen LogP contribution in [0.1, 0.15) is 10.5 Å². The van der Waals surface area contributed by atoms with Crippen LogP contribution < -0.4 is 0 Å². The van der Waals surface area contributed by atoms with Gasteiger partial charge in [0, 0.05) is 14.1 Å². The Labute approximate surface area is 80.8 Å². The maximum absolute atomic E-state index is 11.6. The fraction of sp³-hybridized carbons (Fsp3) is 0.375. The van der Waals surface area contributed by atoms with E-state index in [0.29, 0.717) is 5.69 Å². The second kappa shape index (κ2) is 3.91. The third-order valence-corrected chi connectivity index (χ3v) is 1.75. The van der Waals surface area contributed by atoms with E-state index < -0.39 is 5.97 Å². The van der Waals surface area contributed by atoms with Crippen LogP contribution >= 0.6 is 0 Å². The van der Waals surface area contributed by atoms with E-state index >= 15 is 0 Å². The molecule has 6 heteroatoms. The highest BCUT2D eigenvalue weighted by Crippen LogP contribution is 2.00. The van der Waals surface area contributed by atoms with Crippen molar-refractivity contribution in [2.75, 3.05) is 13.6 Å². The van der Waals surface area contributed by atoms with Crippen molar-refractivity contribution in [3.8, 4) is 0 Å². The molecule has 6 nitrogen and oxygen atoms in total. The lowest BCUT2D eigenvalue weighted by Gasteiger charge is -2.13. The van der Waals surface area contributed by atoms with Gasteiger partial charge in [0.15, 0.2) is 0 Å². The lowest BCUT2D eigenvalue weighted by Crippen LogP contribution is -2.32. The fourth-order valence-corrected chi connectivity index (χ4v) is 1.03. The van der Waals surface area contributed by atoms with Gasteiger partial charge in [-0.2, -0.15) is 0 Å². The number of aryl methyl sites for hydroxylation is 1. The van der Waals surface area contributed by atoms with Crippen molar-refractivity contribution in [2.24, 2.45) is 7.05 Å². The molecule has 0 atom stereocenters. The van der Waals surface area contributed by atoms with Gasteiger partial charge in [0.1, 0.15) is 12.2 Å². The summed E-state index contributed by atoms with van der Waals surface area (Å²) in [5.41, 5.74) is 0.369. The molecule has 14 heavy (non-hydrogen) atoms. The number of amides is 1. The monoisotopic (exact) mass is 197 g/mol. The molecule has 1 heterocycles. The van der Waals surface area contributed by atoms with E-state index in [1.54, 1.807) is 11.6 Å². The molecule has 1 rings (SSSR count). The third kappa shape index (κ3) is 2.09. The summed E-state index contributed by atoms with van der Waals surface area (Å²) >= 11 is 0. The van der Waals surface area contributed by atoms with E-state index in [9.17, 15) is 9.59 Å². The van der Waals surface area contributed by atoms with Crippen LogP contribution in [0.5, 0.6) is 0 Å². The number of aliphatic carboxylic acids is 1. The standard InChI is InChI=1S/C8H11N3O3/c1-10(4-7(12)13)8(14)6-3-9-5-11(6)2/h3,5H,4H2,1-2H3,(H,12,13). The molecule has 1 aromatic rings. The Bertz CT molecular complexity index is 358. The molecular weight excluding hydrogens is 186 g/mol. The number of nitrogens with zero attached hydrogens (tertiary/aromatic N) is 3. The van der Waals surface area contributed by atoms with E-state index in [1.165, 1.54) is 19.6 Å². The molecule has 1 N–H and O–H groups in total. The first-order valence-corrected chi connectivity index (χ1v) is 3.96. The molecule has 0 saturated heterocycles. The number of rotatable bonds is 3. The molecule has 0 bridgehead atoms. The molecule has 0 aromatic carbocycles. The van der Waals surface area contributed by atoms with Crippen molar-refractivity contribution >= 4 is 11.9 Å². The smallest absolute Gasteiger partial charge is 0.323 e. The van der Waals surface area contributed by atoms with Crippen LogP contribution in [-0.4, -0.2) is 45.0 Å². The molecule has 0 aliphatic carbocycles. The number of imidazole rings is 1. The van der Waals surface area contributed by atoms with Gasteiger partial charge >= 0.3 is 5.97 Å². The quantitative estimate of drug-likeness (QED) is 0.713. The van der Waals surface area contributed by atoms with Gasteiger partial charge in [0.25, 0.3) is 5.91 Å². The van der Waals surface area contributed by atoms with Gasteiger partial charge in [-0.1, -0.05) is 0 Å². The zero-order valence-electron chi connectivity index (χ0n) is 7.97. The summed E-state index contributed by atoms with van der Waals surface area (Å²) in [5.74, 6) is -1.39. The lowest BCUT2D eigenvalue weighted by atomic mass is 10.4. The molecule has 0 saturated carbocycles. The number of carboxylic acid groups (broad SMARTS) is 1. The van der Waals surface area contributed by atoms with Gasteiger partial charge in [0.05, 0.1) is 12.5 Å². The number of aromatic nitrogens is 2.